The van der Waals surface area contributed by atoms with Crippen LogP contribution in [0.3, 0.4) is 0 Å². The van der Waals surface area contributed by atoms with Crippen molar-refractivity contribution in [1.29, 1.82) is 0 Å². The molecule has 53 heavy (non-hydrogen) atoms. The van der Waals surface area contributed by atoms with Gasteiger partial charge in [0.05, 0.1) is 36.1 Å². The summed E-state index contributed by atoms with van der Waals surface area (Å²) in [6.45, 7) is 13.8. The molecule has 0 saturated heterocycles. The van der Waals surface area contributed by atoms with Gasteiger partial charge in [-0.3, -0.25) is 19.4 Å². The summed E-state index contributed by atoms with van der Waals surface area (Å²) in [5.74, 6) is -1.72. The SMILES string of the molecule is C=N/C=C(/NC(=O)c1nc(-c2ccc(CNC(=O)C(CCC(=O)OCc3ccccc3)NC(=O)OC(C)(C)C)cc2)cnc1N)C(=C)N(C)CCOC. The number of aromatic nitrogens is 2. The number of nitrogen functional groups attached to an aromatic ring is 1. The van der Waals surface area contributed by atoms with Gasteiger partial charge in [-0.05, 0) is 45.0 Å². The van der Waals surface area contributed by atoms with E-state index in [0.717, 1.165) is 11.1 Å². The van der Waals surface area contributed by atoms with Gasteiger partial charge in [0, 0.05) is 39.2 Å². The maximum absolute atomic E-state index is 13.3. The highest BCUT2D eigenvalue weighted by atomic mass is 16.6. The maximum Gasteiger partial charge on any atom is 0.408 e. The summed E-state index contributed by atoms with van der Waals surface area (Å²) in [6, 6.07) is 15.2. The van der Waals surface area contributed by atoms with Crippen molar-refractivity contribution in [3.63, 3.8) is 0 Å². The number of anilines is 1. The molecule has 0 bridgehead atoms. The number of nitrogens with one attached hydrogen (secondary N) is 3. The quantitative estimate of drug-likeness (QED) is 0.0835. The molecule has 1 aromatic heterocycles. The van der Waals surface area contributed by atoms with Gasteiger partial charge in [0.25, 0.3) is 5.91 Å². The topological polar surface area (TPSA) is 199 Å². The molecule has 0 radical (unpaired) electrons. The third-order valence-corrected chi connectivity index (χ3v) is 7.49. The van der Waals surface area contributed by atoms with Crippen LogP contribution in [-0.4, -0.2) is 84.4 Å². The van der Waals surface area contributed by atoms with Gasteiger partial charge in [-0.25, -0.2) is 14.8 Å². The standard InChI is InChI=1S/C38H48N8O7/c1-25(46(6)19-20-51-7)30(22-40-5)44-36(49)33-34(39)41-23-31(43-33)28-15-13-26(14-16-28)21-42-35(48)29(45-37(50)53-38(2,3)4)17-18-32(47)52-24-27-11-9-8-10-12-27/h8-16,22-23,29H,1,5,17-21,24H2,2-4,6-7H3,(H2,39,41)(H,42,48)(H,44,49)(H,45,50)/b30-22+. The van der Waals surface area contributed by atoms with Crippen LogP contribution in [0.15, 0.2) is 90.0 Å². The van der Waals surface area contributed by atoms with E-state index in [-0.39, 0.29) is 37.5 Å². The average molecular weight is 729 g/mol. The number of aliphatic imine (C=N–C) groups is 1. The van der Waals surface area contributed by atoms with Crippen LogP contribution >= 0.6 is 0 Å². The Kier molecular flexibility index (Phi) is 15.7. The summed E-state index contributed by atoms with van der Waals surface area (Å²) >= 11 is 0. The molecular weight excluding hydrogens is 680 g/mol. The Hall–Kier alpha value is -6.09. The number of hydrogen-bond acceptors (Lipinski definition) is 12. The van der Waals surface area contributed by atoms with Gasteiger partial charge in [-0.1, -0.05) is 61.2 Å². The summed E-state index contributed by atoms with van der Waals surface area (Å²) in [5.41, 5.74) is 8.48. The molecule has 0 aliphatic rings. The van der Waals surface area contributed by atoms with Crippen LogP contribution in [0.4, 0.5) is 10.6 Å². The Bertz CT molecular complexity index is 1770. The Balaban J connectivity index is 1.66. The van der Waals surface area contributed by atoms with E-state index in [4.69, 9.17) is 19.9 Å². The first-order valence-electron chi connectivity index (χ1n) is 16.8. The number of carbonyl (C=O) groups is 4. The van der Waals surface area contributed by atoms with E-state index in [1.807, 2.05) is 30.3 Å². The second-order valence-electron chi connectivity index (χ2n) is 12.8. The number of esters is 1. The number of alkyl carbamates (subject to hydrolysis) is 1. The molecule has 2 aromatic carbocycles. The molecule has 0 aliphatic heterocycles. The van der Waals surface area contributed by atoms with Gasteiger partial charge in [0.15, 0.2) is 11.5 Å². The van der Waals surface area contributed by atoms with Crippen molar-refractivity contribution in [3.8, 4) is 11.3 Å². The number of ether oxygens (including phenoxy) is 3. The van der Waals surface area contributed by atoms with Crippen molar-refractivity contribution in [2.24, 2.45) is 4.99 Å². The van der Waals surface area contributed by atoms with E-state index in [1.165, 1.54) is 12.4 Å². The number of hydrogen-bond donors (Lipinski definition) is 4. The van der Waals surface area contributed by atoms with Crippen LogP contribution in [0.2, 0.25) is 0 Å². The van der Waals surface area contributed by atoms with E-state index < -0.39 is 35.5 Å². The van der Waals surface area contributed by atoms with E-state index in [0.29, 0.717) is 35.8 Å². The molecule has 1 atom stereocenters. The number of nitrogens with zero attached hydrogens (tertiary/aromatic N) is 4. The Labute approximate surface area is 309 Å². The van der Waals surface area contributed by atoms with Crippen molar-refractivity contribution >= 4 is 36.4 Å². The second-order valence-corrected chi connectivity index (χ2v) is 12.8. The summed E-state index contributed by atoms with van der Waals surface area (Å²) < 4.78 is 15.8. The Morgan fingerprint density at radius 1 is 1.06 bits per heavy atom. The fourth-order valence-electron chi connectivity index (χ4n) is 4.62. The molecule has 1 unspecified atom stereocenters. The third kappa shape index (κ3) is 13.9. The van der Waals surface area contributed by atoms with Gasteiger partial charge < -0.3 is 40.8 Å². The third-order valence-electron chi connectivity index (χ3n) is 7.49. The Morgan fingerprint density at radius 3 is 2.40 bits per heavy atom. The number of likely N-dealkylation sites (N-methyl/N-ethyl adjacent to an activating group) is 1. The summed E-state index contributed by atoms with van der Waals surface area (Å²) in [7, 11) is 3.38. The highest BCUT2D eigenvalue weighted by Gasteiger charge is 2.25. The average Bonchev–Trinajstić information content (AvgIpc) is 3.13. The first-order chi connectivity index (χ1) is 25.2. The fraction of sp³-hybridized carbons (Fsp3) is 0.342. The van der Waals surface area contributed by atoms with Gasteiger partial charge in [0.1, 0.15) is 18.2 Å². The van der Waals surface area contributed by atoms with Gasteiger partial charge in [-0.2, -0.15) is 0 Å². The van der Waals surface area contributed by atoms with E-state index in [2.05, 4.69) is 44.2 Å². The van der Waals surface area contributed by atoms with Gasteiger partial charge in [0.2, 0.25) is 5.91 Å². The van der Waals surface area contributed by atoms with E-state index >= 15 is 0 Å². The van der Waals surface area contributed by atoms with Crippen LogP contribution in [0.1, 0.15) is 55.2 Å². The molecule has 3 aromatic rings. The number of amides is 3. The number of carbonyl (C=O) groups excluding carboxylic acids is 4. The predicted octanol–water partition coefficient (Wildman–Crippen LogP) is 4.12. The van der Waals surface area contributed by atoms with Crippen molar-refractivity contribution < 1.29 is 33.4 Å². The van der Waals surface area contributed by atoms with Crippen LogP contribution in [0.5, 0.6) is 0 Å². The molecule has 0 spiro atoms. The van der Waals surface area contributed by atoms with Crippen molar-refractivity contribution in [2.45, 2.75) is 58.4 Å². The fourth-order valence-corrected chi connectivity index (χ4v) is 4.62. The minimum atomic E-state index is -1.07. The minimum Gasteiger partial charge on any atom is -0.461 e. The van der Waals surface area contributed by atoms with Crippen molar-refractivity contribution in [1.82, 2.24) is 30.8 Å². The lowest BCUT2D eigenvalue weighted by molar-refractivity contribution is -0.145. The lowest BCUT2D eigenvalue weighted by atomic mass is 10.1. The largest absolute Gasteiger partial charge is 0.461 e. The molecule has 5 N–H and O–H groups in total. The van der Waals surface area contributed by atoms with Crippen LogP contribution in [0.25, 0.3) is 11.3 Å². The number of benzene rings is 2. The summed E-state index contributed by atoms with van der Waals surface area (Å²) in [5, 5.41) is 8.10. The monoisotopic (exact) mass is 728 g/mol. The zero-order valence-corrected chi connectivity index (χ0v) is 30.8. The molecular formula is C38H48N8O7. The molecule has 15 nitrogen and oxygen atoms in total. The minimum absolute atomic E-state index is 0.0105. The molecule has 0 aliphatic carbocycles. The molecule has 282 valence electrons. The molecule has 3 rings (SSSR count). The van der Waals surface area contributed by atoms with E-state index in [9.17, 15) is 19.2 Å². The maximum atomic E-state index is 13.3. The smallest absolute Gasteiger partial charge is 0.408 e. The number of methoxy groups -OCH3 is 1. The van der Waals surface area contributed by atoms with E-state index in [1.54, 1.807) is 64.1 Å². The highest BCUT2D eigenvalue weighted by molar-refractivity contribution is 5.98. The lowest BCUT2D eigenvalue weighted by Gasteiger charge is -2.23. The van der Waals surface area contributed by atoms with Crippen LogP contribution < -0.4 is 21.7 Å². The van der Waals surface area contributed by atoms with Crippen LogP contribution in [0, 0.1) is 0 Å². The zero-order valence-electron chi connectivity index (χ0n) is 30.8. The molecule has 0 saturated carbocycles. The molecule has 1 heterocycles. The highest BCUT2D eigenvalue weighted by Crippen LogP contribution is 2.20. The zero-order chi connectivity index (χ0) is 39.0. The summed E-state index contributed by atoms with van der Waals surface area (Å²) in [4.78, 5) is 65.7. The first-order valence-corrected chi connectivity index (χ1v) is 16.8. The second kappa shape index (κ2) is 20.1. The lowest BCUT2D eigenvalue weighted by Crippen LogP contribution is -2.48. The number of rotatable bonds is 18. The van der Waals surface area contributed by atoms with Gasteiger partial charge in [-0.15, -0.1) is 0 Å². The van der Waals surface area contributed by atoms with Crippen molar-refractivity contribution in [3.05, 3.63) is 102 Å². The number of nitrogens with two attached hydrogens (primary N) is 1. The summed E-state index contributed by atoms with van der Waals surface area (Å²) in [6.07, 6.45) is 1.90. The molecule has 0 fully saturated rings. The molecule has 3 amide bonds. The molecule has 15 heteroatoms. The predicted molar refractivity (Wildman–Crippen MR) is 201 cm³/mol. The van der Waals surface area contributed by atoms with Gasteiger partial charge >= 0.3 is 12.1 Å². The Morgan fingerprint density at radius 2 is 1.75 bits per heavy atom. The first kappa shape index (κ1) is 41.3. The van der Waals surface area contributed by atoms with Crippen molar-refractivity contribution in [2.75, 3.05) is 33.0 Å². The van der Waals surface area contributed by atoms with Crippen LogP contribution in [-0.2, 0) is 37.0 Å². The normalized spacial score (nSPS) is 11.8.